The van der Waals surface area contributed by atoms with Gasteiger partial charge in [-0.25, -0.2) is 0 Å². The maximum Gasteiger partial charge on any atom is 0.0215 e. The highest BCUT2D eigenvalue weighted by Gasteiger charge is 2.42. The van der Waals surface area contributed by atoms with Crippen LogP contribution in [0.2, 0.25) is 0 Å². The Kier molecular flexibility index (Phi) is 8.75. The van der Waals surface area contributed by atoms with Crippen molar-refractivity contribution in [2.24, 2.45) is 0 Å². The van der Waals surface area contributed by atoms with Crippen LogP contribution in [0.3, 0.4) is 0 Å². The molecule has 1 aliphatic rings. The molecule has 4 aromatic rings. The Labute approximate surface area is 235 Å². The summed E-state index contributed by atoms with van der Waals surface area (Å²) in [6, 6.07) is 34.0. The molecule has 0 unspecified atom stereocenters. The van der Waals surface area contributed by atoms with E-state index in [-0.39, 0.29) is 5.41 Å². The number of unbranched alkanes of at least 4 members (excludes halogenated alkanes) is 6. The second kappa shape index (κ2) is 12.4. The van der Waals surface area contributed by atoms with Gasteiger partial charge in [-0.2, -0.15) is 0 Å². The standard InChI is InChI=1S/C37H42S/c1-3-5-7-12-23-37(24-13-8-6-4-2)35-26-30(28-15-10-9-11-16-28)19-21-33(35)34-22-20-31(27-36(34)37)29-17-14-18-32(38)25-29/h9-11,14-22,25-27,38H,3-8,12-13,23-24H2,1-2H3. The molecule has 196 valence electrons. The molecule has 0 N–H and O–H groups in total. The smallest absolute Gasteiger partial charge is 0.0215 e. The van der Waals surface area contributed by atoms with Gasteiger partial charge in [0.1, 0.15) is 0 Å². The summed E-state index contributed by atoms with van der Waals surface area (Å²) >= 11 is 4.64. The summed E-state index contributed by atoms with van der Waals surface area (Å²) in [5.41, 5.74) is 11.3. The van der Waals surface area contributed by atoms with Gasteiger partial charge in [-0.3, -0.25) is 0 Å². The van der Waals surface area contributed by atoms with Crippen molar-refractivity contribution in [1.29, 1.82) is 0 Å². The monoisotopic (exact) mass is 518 g/mol. The van der Waals surface area contributed by atoms with Crippen molar-refractivity contribution in [3.05, 3.63) is 102 Å². The summed E-state index contributed by atoms with van der Waals surface area (Å²) < 4.78 is 0. The van der Waals surface area contributed by atoms with E-state index in [2.05, 4.69) is 117 Å². The molecule has 0 fully saturated rings. The van der Waals surface area contributed by atoms with Crippen LogP contribution < -0.4 is 0 Å². The minimum absolute atomic E-state index is 0.0749. The third-order valence-corrected chi connectivity index (χ3v) is 8.84. The summed E-state index contributed by atoms with van der Waals surface area (Å²) in [6.07, 6.45) is 12.9. The van der Waals surface area contributed by atoms with Gasteiger partial charge in [0.2, 0.25) is 0 Å². The van der Waals surface area contributed by atoms with Crippen LogP contribution in [0.1, 0.15) is 89.2 Å². The van der Waals surface area contributed by atoms with E-state index in [1.165, 1.54) is 97.6 Å². The molecule has 0 spiro atoms. The quantitative estimate of drug-likeness (QED) is 0.140. The van der Waals surface area contributed by atoms with Crippen molar-refractivity contribution in [2.75, 3.05) is 0 Å². The first-order valence-corrected chi connectivity index (χ1v) is 15.3. The number of fused-ring (bicyclic) bond motifs is 3. The van der Waals surface area contributed by atoms with Crippen LogP contribution in [-0.2, 0) is 5.41 Å². The first-order valence-electron chi connectivity index (χ1n) is 14.8. The molecule has 0 aliphatic heterocycles. The summed E-state index contributed by atoms with van der Waals surface area (Å²) in [6.45, 7) is 4.63. The maximum atomic E-state index is 4.64. The molecule has 0 bridgehead atoms. The molecule has 1 aliphatic carbocycles. The van der Waals surface area contributed by atoms with Gasteiger partial charge in [0.25, 0.3) is 0 Å². The summed E-state index contributed by atoms with van der Waals surface area (Å²) in [7, 11) is 0. The Morgan fingerprint density at radius 2 is 1.03 bits per heavy atom. The van der Waals surface area contributed by atoms with Crippen LogP contribution in [0.4, 0.5) is 0 Å². The molecule has 0 radical (unpaired) electrons. The van der Waals surface area contributed by atoms with E-state index in [4.69, 9.17) is 0 Å². The van der Waals surface area contributed by atoms with Gasteiger partial charge in [0.05, 0.1) is 0 Å². The predicted octanol–water partition coefficient (Wildman–Crippen LogP) is 11.5. The molecule has 5 rings (SSSR count). The van der Waals surface area contributed by atoms with Gasteiger partial charge in [-0.1, -0.05) is 132 Å². The Morgan fingerprint density at radius 1 is 0.500 bits per heavy atom. The zero-order chi connectivity index (χ0) is 26.4. The molecular formula is C37H42S. The Hall–Kier alpha value is -2.77. The van der Waals surface area contributed by atoms with Gasteiger partial charge in [-0.15, -0.1) is 12.6 Å². The van der Waals surface area contributed by atoms with E-state index in [1.54, 1.807) is 11.1 Å². The Morgan fingerprint density at radius 3 is 1.58 bits per heavy atom. The zero-order valence-electron chi connectivity index (χ0n) is 23.2. The van der Waals surface area contributed by atoms with Crippen LogP contribution in [0, 0.1) is 0 Å². The fraction of sp³-hybridized carbons (Fsp3) is 0.351. The lowest BCUT2D eigenvalue weighted by molar-refractivity contribution is 0.401. The molecule has 0 nitrogen and oxygen atoms in total. The number of hydrogen-bond donors (Lipinski definition) is 1. The fourth-order valence-corrected chi connectivity index (χ4v) is 6.77. The first-order chi connectivity index (χ1) is 18.7. The van der Waals surface area contributed by atoms with Crippen LogP contribution in [-0.4, -0.2) is 0 Å². The van der Waals surface area contributed by atoms with Gasteiger partial charge >= 0.3 is 0 Å². The molecule has 0 atom stereocenters. The Bertz CT molecular complexity index is 1340. The fourth-order valence-electron chi connectivity index (χ4n) is 6.54. The molecule has 0 aromatic heterocycles. The van der Waals surface area contributed by atoms with Crippen LogP contribution in [0.15, 0.2) is 95.9 Å². The normalized spacial score (nSPS) is 13.3. The minimum Gasteiger partial charge on any atom is -0.143 e. The highest BCUT2D eigenvalue weighted by molar-refractivity contribution is 7.80. The first kappa shape index (κ1) is 26.8. The number of hydrogen-bond acceptors (Lipinski definition) is 1. The largest absolute Gasteiger partial charge is 0.143 e. The van der Waals surface area contributed by atoms with E-state index in [0.29, 0.717) is 0 Å². The van der Waals surface area contributed by atoms with Crippen molar-refractivity contribution in [3.8, 4) is 33.4 Å². The topological polar surface area (TPSA) is 0 Å². The number of benzene rings is 4. The lowest BCUT2D eigenvalue weighted by Gasteiger charge is -2.33. The second-order valence-electron chi connectivity index (χ2n) is 11.1. The summed E-state index contributed by atoms with van der Waals surface area (Å²) in [5.74, 6) is 0. The lowest BCUT2D eigenvalue weighted by atomic mass is 9.70. The maximum absolute atomic E-state index is 4.64. The van der Waals surface area contributed by atoms with Crippen LogP contribution >= 0.6 is 12.6 Å². The molecule has 38 heavy (non-hydrogen) atoms. The predicted molar refractivity (Wildman–Crippen MR) is 168 cm³/mol. The van der Waals surface area contributed by atoms with E-state index in [9.17, 15) is 0 Å². The van der Waals surface area contributed by atoms with Crippen LogP contribution in [0.5, 0.6) is 0 Å². The third kappa shape index (κ3) is 5.50. The van der Waals surface area contributed by atoms with E-state index in [0.717, 1.165) is 4.90 Å². The highest BCUT2D eigenvalue weighted by Crippen LogP contribution is 2.55. The molecule has 0 saturated carbocycles. The van der Waals surface area contributed by atoms with E-state index >= 15 is 0 Å². The highest BCUT2D eigenvalue weighted by atomic mass is 32.1. The Balaban J connectivity index is 1.65. The molecule has 0 saturated heterocycles. The van der Waals surface area contributed by atoms with Gasteiger partial charge in [0.15, 0.2) is 0 Å². The number of rotatable bonds is 12. The van der Waals surface area contributed by atoms with Gasteiger partial charge in [0, 0.05) is 10.3 Å². The van der Waals surface area contributed by atoms with Crippen molar-refractivity contribution in [3.63, 3.8) is 0 Å². The lowest BCUT2D eigenvalue weighted by Crippen LogP contribution is -2.25. The number of thiol groups is 1. The third-order valence-electron chi connectivity index (χ3n) is 8.56. The van der Waals surface area contributed by atoms with Crippen molar-refractivity contribution >= 4 is 12.6 Å². The second-order valence-corrected chi connectivity index (χ2v) is 11.7. The van der Waals surface area contributed by atoms with Crippen molar-refractivity contribution in [2.45, 2.75) is 88.4 Å². The van der Waals surface area contributed by atoms with Gasteiger partial charge in [-0.05, 0) is 81.6 Å². The molecule has 1 heteroatoms. The summed E-state index contributed by atoms with van der Waals surface area (Å²) in [4.78, 5) is 1.02. The SMILES string of the molecule is CCCCCCC1(CCCCCC)c2cc(-c3ccccc3)ccc2-c2ccc(-c3cccc(S)c3)cc21. The molecule has 0 heterocycles. The minimum atomic E-state index is 0.0749. The average molecular weight is 519 g/mol. The van der Waals surface area contributed by atoms with Crippen LogP contribution in [0.25, 0.3) is 33.4 Å². The average Bonchev–Trinajstić information content (AvgIpc) is 3.22. The van der Waals surface area contributed by atoms with Gasteiger partial charge < -0.3 is 0 Å². The zero-order valence-corrected chi connectivity index (χ0v) is 24.1. The van der Waals surface area contributed by atoms with E-state index < -0.39 is 0 Å². The van der Waals surface area contributed by atoms with E-state index in [1.807, 2.05) is 0 Å². The molecular weight excluding hydrogens is 476 g/mol. The van der Waals surface area contributed by atoms with Crippen molar-refractivity contribution < 1.29 is 0 Å². The summed E-state index contributed by atoms with van der Waals surface area (Å²) in [5, 5.41) is 0. The molecule has 0 amide bonds. The van der Waals surface area contributed by atoms with Crippen molar-refractivity contribution in [1.82, 2.24) is 0 Å². The molecule has 4 aromatic carbocycles.